The van der Waals surface area contributed by atoms with Crippen molar-refractivity contribution in [1.82, 2.24) is 20.1 Å². The minimum Gasteiger partial charge on any atom is -0.349 e. The van der Waals surface area contributed by atoms with E-state index in [1.54, 1.807) is 6.20 Å². The smallest absolute Gasteiger partial charge is 0.255 e. The van der Waals surface area contributed by atoms with Gasteiger partial charge < -0.3 is 15.1 Å². The normalized spacial score (nSPS) is 23.1. The molecular formula is C31H42N4O2. The first-order valence-corrected chi connectivity index (χ1v) is 14.3. The number of rotatable bonds is 8. The van der Waals surface area contributed by atoms with Crippen molar-refractivity contribution in [3.05, 3.63) is 65.0 Å². The molecule has 1 N–H and O–H groups in total. The molecule has 2 amide bonds. The lowest BCUT2D eigenvalue weighted by atomic mass is 9.86. The van der Waals surface area contributed by atoms with Crippen LogP contribution in [-0.4, -0.2) is 59.3 Å². The minimum atomic E-state index is 0.0485. The van der Waals surface area contributed by atoms with E-state index in [0.29, 0.717) is 24.2 Å². The zero-order chi connectivity index (χ0) is 25.8. The number of hydrogen-bond acceptors (Lipinski definition) is 4. The Balaban J connectivity index is 1.15. The van der Waals surface area contributed by atoms with Gasteiger partial charge in [-0.3, -0.25) is 14.6 Å². The molecule has 0 spiro atoms. The standard InChI is InChI=1S/C31H42N4O2/c1-22-13-15-32-23(2)30(22)31(37)35-20-26-18-34(19-27(26)21-35)16-14-28(25-11-7-4-8-12-25)33-29(36)17-24-9-5-3-6-10-24/h4,7-8,11-13,15,24,26-28H,3,5-6,9-10,14,16-21H2,1-2H3,(H,33,36)/t26?,27?,28-/m0/s1. The van der Waals surface area contributed by atoms with E-state index in [-0.39, 0.29) is 17.9 Å². The Morgan fingerprint density at radius 2 is 1.68 bits per heavy atom. The number of amides is 2. The lowest BCUT2D eigenvalue weighted by Gasteiger charge is -2.26. The summed E-state index contributed by atoms with van der Waals surface area (Å²) in [7, 11) is 0. The summed E-state index contributed by atoms with van der Waals surface area (Å²) in [6.45, 7) is 8.59. The number of hydrogen-bond donors (Lipinski definition) is 1. The number of nitrogens with zero attached hydrogens (tertiary/aromatic N) is 3. The van der Waals surface area contributed by atoms with Crippen molar-refractivity contribution in [3.8, 4) is 0 Å². The second kappa shape index (κ2) is 11.8. The summed E-state index contributed by atoms with van der Waals surface area (Å²) in [6.07, 6.45) is 9.59. The van der Waals surface area contributed by atoms with Crippen LogP contribution in [0.2, 0.25) is 0 Å². The first-order valence-electron chi connectivity index (χ1n) is 14.3. The predicted molar refractivity (Wildman–Crippen MR) is 146 cm³/mol. The van der Waals surface area contributed by atoms with Gasteiger partial charge in [-0.15, -0.1) is 0 Å². The molecule has 6 heteroatoms. The minimum absolute atomic E-state index is 0.0485. The molecule has 2 aromatic rings. The summed E-state index contributed by atoms with van der Waals surface area (Å²) < 4.78 is 0. The van der Waals surface area contributed by atoms with Gasteiger partial charge in [-0.2, -0.15) is 0 Å². The number of fused-ring (bicyclic) bond motifs is 1. The maximum atomic E-state index is 13.3. The van der Waals surface area contributed by atoms with Crippen LogP contribution in [0.4, 0.5) is 0 Å². The number of aromatic nitrogens is 1. The molecule has 2 aliphatic heterocycles. The van der Waals surface area contributed by atoms with E-state index in [9.17, 15) is 9.59 Å². The molecule has 3 aliphatic rings. The van der Waals surface area contributed by atoms with Gasteiger partial charge >= 0.3 is 0 Å². The van der Waals surface area contributed by atoms with Gasteiger partial charge in [0.25, 0.3) is 5.91 Å². The van der Waals surface area contributed by atoms with Crippen molar-refractivity contribution in [3.63, 3.8) is 0 Å². The zero-order valence-corrected chi connectivity index (χ0v) is 22.5. The number of carbonyl (C=O) groups is 2. The van der Waals surface area contributed by atoms with Crippen LogP contribution in [0.3, 0.4) is 0 Å². The summed E-state index contributed by atoms with van der Waals surface area (Å²) in [5.41, 5.74) is 3.79. The SMILES string of the molecule is Cc1ccnc(C)c1C(=O)N1CC2CN(CC[C@H](NC(=O)CC3CCCCC3)c3ccccc3)CC2C1. The summed E-state index contributed by atoms with van der Waals surface area (Å²) >= 11 is 0. The number of pyridine rings is 1. The molecule has 1 aliphatic carbocycles. The first-order chi connectivity index (χ1) is 18.0. The number of likely N-dealkylation sites (tertiary alicyclic amines) is 2. The highest BCUT2D eigenvalue weighted by atomic mass is 16.2. The summed E-state index contributed by atoms with van der Waals surface area (Å²) in [4.78, 5) is 35.1. The van der Waals surface area contributed by atoms with E-state index in [1.165, 1.54) is 37.7 Å². The molecule has 3 atom stereocenters. The van der Waals surface area contributed by atoms with Gasteiger partial charge in [0.05, 0.1) is 17.3 Å². The number of carbonyl (C=O) groups excluding carboxylic acids is 2. The molecule has 6 nitrogen and oxygen atoms in total. The molecule has 1 aromatic heterocycles. The third-order valence-corrected chi connectivity index (χ3v) is 8.88. The van der Waals surface area contributed by atoms with Gasteiger partial charge in [0.15, 0.2) is 0 Å². The van der Waals surface area contributed by atoms with E-state index in [2.05, 4.69) is 39.5 Å². The fourth-order valence-electron chi connectivity index (χ4n) is 6.84. The number of nitrogens with one attached hydrogen (secondary N) is 1. The quantitative estimate of drug-likeness (QED) is 0.557. The molecule has 37 heavy (non-hydrogen) atoms. The van der Waals surface area contributed by atoms with Crippen LogP contribution in [0.1, 0.15) is 78.2 Å². The van der Waals surface area contributed by atoms with Crippen LogP contribution in [0.5, 0.6) is 0 Å². The molecule has 0 bridgehead atoms. The van der Waals surface area contributed by atoms with Gasteiger partial charge in [-0.25, -0.2) is 0 Å². The summed E-state index contributed by atoms with van der Waals surface area (Å²) in [5, 5.41) is 3.38. The van der Waals surface area contributed by atoms with E-state index in [0.717, 1.165) is 56.0 Å². The second-order valence-corrected chi connectivity index (χ2v) is 11.6. The lowest BCUT2D eigenvalue weighted by Crippen LogP contribution is -2.36. The van der Waals surface area contributed by atoms with Gasteiger partial charge in [0, 0.05) is 45.3 Å². The fraction of sp³-hybridized carbons (Fsp3) is 0.581. The molecule has 2 saturated heterocycles. The van der Waals surface area contributed by atoms with E-state index in [4.69, 9.17) is 0 Å². The topological polar surface area (TPSA) is 65.5 Å². The average molecular weight is 503 g/mol. The van der Waals surface area contributed by atoms with Gasteiger partial charge in [0.1, 0.15) is 0 Å². The van der Waals surface area contributed by atoms with Crippen LogP contribution in [0, 0.1) is 31.6 Å². The monoisotopic (exact) mass is 502 g/mol. The maximum absolute atomic E-state index is 13.3. The molecule has 1 aromatic carbocycles. The molecular weight excluding hydrogens is 460 g/mol. The Hall–Kier alpha value is -2.73. The molecule has 0 radical (unpaired) electrons. The van der Waals surface area contributed by atoms with Crippen LogP contribution >= 0.6 is 0 Å². The molecule has 2 unspecified atom stereocenters. The molecule has 3 heterocycles. The average Bonchev–Trinajstić information content (AvgIpc) is 3.47. The number of aryl methyl sites for hydroxylation is 2. The Kier molecular flexibility index (Phi) is 8.23. The van der Waals surface area contributed by atoms with Crippen molar-refractivity contribution < 1.29 is 9.59 Å². The van der Waals surface area contributed by atoms with Gasteiger partial charge in [-0.1, -0.05) is 49.6 Å². The van der Waals surface area contributed by atoms with Gasteiger partial charge in [-0.05, 0) is 68.1 Å². The zero-order valence-electron chi connectivity index (χ0n) is 22.5. The van der Waals surface area contributed by atoms with E-state index in [1.807, 2.05) is 30.9 Å². The van der Waals surface area contributed by atoms with E-state index >= 15 is 0 Å². The van der Waals surface area contributed by atoms with Crippen LogP contribution < -0.4 is 5.32 Å². The molecule has 3 fully saturated rings. The summed E-state index contributed by atoms with van der Waals surface area (Å²) in [5.74, 6) is 1.94. The van der Waals surface area contributed by atoms with E-state index < -0.39 is 0 Å². The van der Waals surface area contributed by atoms with Crippen molar-refractivity contribution in [2.24, 2.45) is 17.8 Å². The molecule has 5 rings (SSSR count). The van der Waals surface area contributed by atoms with Crippen LogP contribution in [0.15, 0.2) is 42.6 Å². The van der Waals surface area contributed by atoms with Crippen LogP contribution in [-0.2, 0) is 4.79 Å². The largest absolute Gasteiger partial charge is 0.349 e. The molecule has 198 valence electrons. The van der Waals surface area contributed by atoms with Crippen LogP contribution in [0.25, 0.3) is 0 Å². The highest BCUT2D eigenvalue weighted by molar-refractivity contribution is 5.96. The van der Waals surface area contributed by atoms with Crippen molar-refractivity contribution in [2.45, 2.75) is 64.8 Å². The van der Waals surface area contributed by atoms with Crippen molar-refractivity contribution >= 4 is 11.8 Å². The predicted octanol–water partition coefficient (Wildman–Crippen LogP) is 4.92. The van der Waals surface area contributed by atoms with Crippen molar-refractivity contribution in [2.75, 3.05) is 32.7 Å². The highest BCUT2D eigenvalue weighted by Gasteiger charge is 2.42. The van der Waals surface area contributed by atoms with Gasteiger partial charge in [0.2, 0.25) is 5.91 Å². The third-order valence-electron chi connectivity index (χ3n) is 8.88. The fourth-order valence-corrected chi connectivity index (χ4v) is 6.84. The van der Waals surface area contributed by atoms with Crippen molar-refractivity contribution in [1.29, 1.82) is 0 Å². The Labute approximate surface area is 221 Å². The Morgan fingerprint density at radius 3 is 2.35 bits per heavy atom. The first kappa shape index (κ1) is 25.9. The molecule has 1 saturated carbocycles. The second-order valence-electron chi connectivity index (χ2n) is 11.6. The number of benzene rings is 1. The summed E-state index contributed by atoms with van der Waals surface area (Å²) in [6, 6.07) is 12.4. The maximum Gasteiger partial charge on any atom is 0.255 e. The third kappa shape index (κ3) is 6.23. The Morgan fingerprint density at radius 1 is 0.973 bits per heavy atom. The highest BCUT2D eigenvalue weighted by Crippen LogP contribution is 2.33. The lowest BCUT2D eigenvalue weighted by molar-refractivity contribution is -0.123. The Bertz CT molecular complexity index is 1050.